The van der Waals surface area contributed by atoms with E-state index in [9.17, 15) is 32.3 Å². The number of aromatic nitrogens is 1. The summed E-state index contributed by atoms with van der Waals surface area (Å²) in [5.41, 5.74) is 4.69. The highest BCUT2D eigenvalue weighted by molar-refractivity contribution is 5.83. The Bertz CT molecular complexity index is 1960. The van der Waals surface area contributed by atoms with Crippen molar-refractivity contribution >= 4 is 11.9 Å². The van der Waals surface area contributed by atoms with Crippen LogP contribution in [0.3, 0.4) is 0 Å². The number of halogens is 4. The summed E-state index contributed by atoms with van der Waals surface area (Å²) >= 11 is 0. The van der Waals surface area contributed by atoms with Crippen LogP contribution in [0.2, 0.25) is 0 Å². The molecule has 2 aromatic rings. The second kappa shape index (κ2) is 14.2. The van der Waals surface area contributed by atoms with Gasteiger partial charge in [-0.3, -0.25) is 4.79 Å². The van der Waals surface area contributed by atoms with Crippen LogP contribution in [0.5, 0.6) is 0 Å². The van der Waals surface area contributed by atoms with Crippen LogP contribution >= 0.6 is 0 Å². The number of nitrogens with zero attached hydrogens (tertiary/aromatic N) is 4. The lowest BCUT2D eigenvalue weighted by Gasteiger charge is -2.40. The fraction of sp³-hybridized carbons (Fsp3) is 0.500. The maximum Gasteiger partial charge on any atom is 0.416 e. The summed E-state index contributed by atoms with van der Waals surface area (Å²) < 4.78 is 57.9. The molecule has 2 saturated heterocycles. The average Bonchev–Trinajstić information content (AvgIpc) is 3.69. The summed E-state index contributed by atoms with van der Waals surface area (Å²) in [7, 11) is 0. The number of hydrogen-bond donors (Lipinski definition) is 1. The Balaban J connectivity index is 1.36. The van der Waals surface area contributed by atoms with Gasteiger partial charge in [0.2, 0.25) is 0 Å². The van der Waals surface area contributed by atoms with Crippen molar-refractivity contribution in [3.8, 4) is 23.0 Å². The predicted octanol–water partition coefficient (Wildman–Crippen LogP) is 8.15. The molecule has 1 aromatic heterocycles. The number of rotatable bonds is 10. The van der Waals surface area contributed by atoms with Gasteiger partial charge in [-0.15, -0.1) is 0 Å². The number of hydrogen-bond acceptors (Lipinski definition) is 5. The van der Waals surface area contributed by atoms with E-state index in [-0.39, 0.29) is 53.9 Å². The molecule has 0 bridgehead atoms. The molecule has 1 saturated carbocycles. The summed E-state index contributed by atoms with van der Waals surface area (Å²) in [6.07, 6.45) is 0.448. The van der Waals surface area contributed by atoms with Crippen molar-refractivity contribution in [1.82, 2.24) is 14.8 Å². The van der Waals surface area contributed by atoms with Crippen LogP contribution in [0.25, 0.3) is 11.1 Å². The van der Waals surface area contributed by atoms with Crippen LogP contribution < -0.4 is 0 Å². The maximum absolute atomic E-state index is 15.0. The number of fused-ring (bicyclic) bond motifs is 2. The van der Waals surface area contributed by atoms with Gasteiger partial charge in [-0.05, 0) is 104 Å². The molecule has 7 nitrogen and oxygen atoms in total. The minimum Gasteiger partial charge on any atom is -0.481 e. The molecule has 1 N–H and O–H groups in total. The molecule has 11 heteroatoms. The van der Waals surface area contributed by atoms with Crippen molar-refractivity contribution in [3.05, 3.63) is 87.7 Å². The van der Waals surface area contributed by atoms with Gasteiger partial charge in [-0.1, -0.05) is 44.4 Å². The third-order valence-corrected chi connectivity index (χ3v) is 11.6. The Morgan fingerprint density at radius 2 is 1.87 bits per heavy atom. The largest absolute Gasteiger partial charge is 0.481 e. The molecule has 4 aliphatic heterocycles. The van der Waals surface area contributed by atoms with Gasteiger partial charge in [0.15, 0.2) is 18.3 Å². The lowest BCUT2D eigenvalue weighted by Crippen LogP contribution is -2.54. The van der Waals surface area contributed by atoms with E-state index >= 15 is 0 Å². The van der Waals surface area contributed by atoms with E-state index in [1.54, 1.807) is 4.90 Å². The summed E-state index contributed by atoms with van der Waals surface area (Å²) in [5.74, 6) is 5.46. The van der Waals surface area contributed by atoms with E-state index in [1.807, 2.05) is 62.9 Å². The normalized spacial score (nSPS) is 24.9. The minimum absolute atomic E-state index is 0.0134. The molecule has 0 spiro atoms. The third kappa shape index (κ3) is 7.20. The van der Waals surface area contributed by atoms with Gasteiger partial charge in [-0.2, -0.15) is 13.2 Å². The fourth-order valence-corrected chi connectivity index (χ4v) is 8.61. The van der Waals surface area contributed by atoms with Crippen LogP contribution in [0.4, 0.5) is 17.6 Å². The van der Waals surface area contributed by atoms with Crippen LogP contribution in [-0.2, 0) is 9.59 Å². The van der Waals surface area contributed by atoms with Gasteiger partial charge < -0.3 is 14.9 Å². The zero-order valence-electron chi connectivity index (χ0n) is 30.8. The van der Waals surface area contributed by atoms with Crippen LogP contribution in [-0.4, -0.2) is 80.8 Å². The zero-order valence-corrected chi connectivity index (χ0v) is 30.8. The van der Waals surface area contributed by atoms with E-state index in [2.05, 4.69) is 11.8 Å². The maximum atomic E-state index is 15.0. The van der Waals surface area contributed by atoms with Gasteiger partial charge in [0.05, 0.1) is 5.57 Å². The van der Waals surface area contributed by atoms with E-state index < -0.39 is 42.4 Å². The first-order valence-electron chi connectivity index (χ1n) is 18.8. The topological polar surface area (TPSA) is 73.7 Å². The average molecular weight is 732 g/mol. The molecule has 1 aliphatic carbocycles. The van der Waals surface area contributed by atoms with Gasteiger partial charge >= 0.3 is 18.1 Å². The lowest BCUT2D eigenvalue weighted by atomic mass is 9.86. The molecule has 280 valence electrons. The molecule has 4 atom stereocenters. The number of allylic oxidation sites excluding steroid dienone is 2. The number of benzene rings is 1. The van der Waals surface area contributed by atoms with Gasteiger partial charge in [0.25, 0.3) is 0 Å². The number of carbonyl (C=O) groups excluding carboxylic acids is 1. The Morgan fingerprint density at radius 3 is 2.47 bits per heavy atom. The van der Waals surface area contributed by atoms with Crippen molar-refractivity contribution in [2.45, 2.75) is 97.1 Å². The molecule has 5 aliphatic rings. The Labute approximate surface area is 308 Å². The number of carboxylic acids is 1. The third-order valence-electron chi connectivity index (χ3n) is 11.6. The highest BCUT2D eigenvalue weighted by atomic mass is 19.4. The Morgan fingerprint density at radius 1 is 1.13 bits per heavy atom. The molecular formula is C42H47F4N4O3+. The summed E-state index contributed by atoms with van der Waals surface area (Å²) in [6, 6.07) is 7.93. The molecule has 53 heavy (non-hydrogen) atoms. The van der Waals surface area contributed by atoms with Crippen LogP contribution in [0, 0.1) is 37.5 Å². The molecular weight excluding hydrogens is 684 g/mol. The quantitative estimate of drug-likeness (QED) is 0.115. The number of pyridine rings is 1. The lowest BCUT2D eigenvalue weighted by molar-refractivity contribution is -0.740. The predicted molar refractivity (Wildman–Crippen MR) is 193 cm³/mol. The molecule has 5 heterocycles. The van der Waals surface area contributed by atoms with Crippen molar-refractivity contribution in [2.24, 2.45) is 11.8 Å². The number of carboxylic acid groups (broad SMARTS) is 1. The van der Waals surface area contributed by atoms with Crippen molar-refractivity contribution < 1.29 is 36.7 Å². The van der Waals surface area contributed by atoms with Crippen LogP contribution in [0.1, 0.15) is 87.3 Å². The number of alkyl halides is 4. The highest BCUT2D eigenvalue weighted by Crippen LogP contribution is 2.56. The fourth-order valence-electron chi connectivity index (χ4n) is 8.61. The van der Waals surface area contributed by atoms with E-state index in [0.717, 1.165) is 47.6 Å². The molecule has 0 radical (unpaired) electrons. The van der Waals surface area contributed by atoms with Gasteiger partial charge in [0, 0.05) is 31.8 Å². The number of quaternary nitrogens is 1. The van der Waals surface area contributed by atoms with Crippen molar-refractivity contribution in [2.75, 3.05) is 26.2 Å². The van der Waals surface area contributed by atoms with E-state index in [0.29, 0.717) is 42.2 Å². The first-order chi connectivity index (χ1) is 25.1. The number of aryl methyl sites for hydroxylation is 2. The highest BCUT2D eigenvalue weighted by Gasteiger charge is 2.70. The number of likely N-dealkylation sites (tertiary alicyclic amines) is 1. The van der Waals surface area contributed by atoms with Gasteiger partial charge in [0.1, 0.15) is 35.7 Å². The summed E-state index contributed by atoms with van der Waals surface area (Å²) in [5, 5.41) is 10.3. The first kappa shape index (κ1) is 37.1. The number of aliphatic carboxylic acids is 1. The Kier molecular flexibility index (Phi) is 9.92. The monoisotopic (exact) mass is 731 g/mol. The second-order valence-corrected chi connectivity index (χ2v) is 15.8. The summed E-state index contributed by atoms with van der Waals surface area (Å²) in [6.45, 7) is 8.98. The zero-order chi connectivity index (χ0) is 37.8. The Hall–Kier alpha value is -4.27. The molecule has 7 rings (SSSR count). The number of amides is 1. The molecule has 1 unspecified atom stereocenters. The SMILES string of the molecule is Cc1cccc(C)c1-c1cc(C#CC2CCC2)nc([C@H](CC(=O)O)[N+]23CC2=C2C=C(C(F)(F)F)C(CCN4CC[C@@H](F)C4)=CN2[C@@H](CC(C)C)C3=O)c1. The van der Waals surface area contributed by atoms with E-state index in [1.165, 1.54) is 6.20 Å². The van der Waals surface area contributed by atoms with Crippen LogP contribution in [0.15, 0.2) is 65.1 Å². The van der Waals surface area contributed by atoms with Crippen molar-refractivity contribution in [1.29, 1.82) is 0 Å². The van der Waals surface area contributed by atoms with Crippen molar-refractivity contribution in [3.63, 3.8) is 0 Å². The first-order valence-corrected chi connectivity index (χ1v) is 18.8. The second-order valence-electron chi connectivity index (χ2n) is 15.8. The summed E-state index contributed by atoms with van der Waals surface area (Å²) in [4.78, 5) is 36.1. The molecule has 1 aromatic carbocycles. The molecule has 1 amide bonds. The standard InChI is InChI=1S/C42H46F4N4O3/c1-25(2)17-36-41(53)50(24-38(50)35-20-33(42(44,45)46)29(22-49(35)36)13-15-48-16-14-31(43)23-48)37(21-39(51)52)34-19-30(40-26(3)7-5-8-27(40)4)18-32(47-34)12-11-28-9-6-10-28/h5,7-8,18-20,22,25,28,31,36-37H,6,9-10,13-17,21,23-24H2,1-4H3/p+1/t31-,36+,37+,50?/m1/s1. The molecule has 3 fully saturated rings. The van der Waals surface area contributed by atoms with E-state index in [4.69, 9.17) is 4.98 Å². The number of carbonyl (C=O) groups is 2. The minimum atomic E-state index is -4.67. The van der Waals surface area contributed by atoms with Gasteiger partial charge in [-0.25, -0.2) is 18.7 Å². The smallest absolute Gasteiger partial charge is 0.416 e.